The number of amides is 1. The molecule has 1 atom stereocenters. The maximum atomic E-state index is 12.1. The zero-order valence-electron chi connectivity index (χ0n) is 10.7. The van der Waals surface area contributed by atoms with Crippen LogP contribution in [0.2, 0.25) is 0 Å². The molecule has 1 saturated heterocycles. The van der Waals surface area contributed by atoms with Crippen LogP contribution in [-0.2, 0) is 4.79 Å². The molecule has 19 heavy (non-hydrogen) atoms. The Morgan fingerprint density at radius 1 is 1.42 bits per heavy atom. The number of carbonyl (C=O) groups is 1. The summed E-state index contributed by atoms with van der Waals surface area (Å²) in [4.78, 5) is 14.0. The molecule has 0 aromatic heterocycles. The molecule has 1 aromatic carbocycles. The van der Waals surface area contributed by atoms with Crippen LogP contribution in [0.5, 0.6) is 5.75 Å². The Labute approximate surface area is 121 Å². The molecule has 2 aliphatic heterocycles. The molecule has 0 bridgehead atoms. The minimum absolute atomic E-state index is 0.0398. The zero-order valence-corrected chi connectivity index (χ0v) is 12.3. The van der Waals surface area contributed by atoms with Gasteiger partial charge < -0.3 is 15.0 Å². The second-order valence-corrected chi connectivity index (χ2v) is 5.97. The van der Waals surface area contributed by atoms with Crippen molar-refractivity contribution in [2.75, 3.05) is 24.6 Å². The van der Waals surface area contributed by atoms with E-state index >= 15 is 0 Å². The largest absolute Gasteiger partial charge is 0.482 e. The molecule has 5 heteroatoms. The highest BCUT2D eigenvalue weighted by atomic mass is 79.9. The number of piperidine rings is 1. The van der Waals surface area contributed by atoms with E-state index in [0.717, 1.165) is 35.4 Å². The second kappa shape index (κ2) is 5.51. The summed E-state index contributed by atoms with van der Waals surface area (Å²) in [6.07, 6.45) is 3.60. The number of rotatable bonds is 2. The van der Waals surface area contributed by atoms with Crippen LogP contribution in [0.3, 0.4) is 0 Å². The van der Waals surface area contributed by atoms with Gasteiger partial charge in [-0.15, -0.1) is 0 Å². The summed E-state index contributed by atoms with van der Waals surface area (Å²) in [5.74, 6) is 0.830. The maximum Gasteiger partial charge on any atom is 0.265 e. The van der Waals surface area contributed by atoms with Crippen LogP contribution in [-0.4, -0.2) is 31.6 Å². The van der Waals surface area contributed by atoms with E-state index < -0.39 is 0 Å². The first-order chi connectivity index (χ1) is 9.24. The second-order valence-electron chi connectivity index (χ2n) is 5.05. The van der Waals surface area contributed by atoms with Crippen molar-refractivity contribution < 1.29 is 9.53 Å². The third-order valence-electron chi connectivity index (χ3n) is 3.68. The topological polar surface area (TPSA) is 41.6 Å². The SMILES string of the molecule is O=C1COc2ccc(Br)cc2N1CC1CCCCN1. The fraction of sp³-hybridized carbons (Fsp3) is 0.500. The Hall–Kier alpha value is -1.07. The van der Waals surface area contributed by atoms with Crippen LogP contribution in [0.15, 0.2) is 22.7 Å². The molecule has 1 aromatic rings. The third kappa shape index (κ3) is 2.77. The number of hydrogen-bond donors (Lipinski definition) is 1. The van der Waals surface area contributed by atoms with Gasteiger partial charge in [0.2, 0.25) is 0 Å². The molecule has 0 spiro atoms. The van der Waals surface area contributed by atoms with Crippen LogP contribution in [0, 0.1) is 0 Å². The maximum absolute atomic E-state index is 12.1. The van der Waals surface area contributed by atoms with E-state index in [1.165, 1.54) is 12.8 Å². The Balaban J connectivity index is 1.83. The van der Waals surface area contributed by atoms with E-state index in [9.17, 15) is 4.79 Å². The van der Waals surface area contributed by atoms with Crippen molar-refractivity contribution in [2.24, 2.45) is 0 Å². The van der Waals surface area contributed by atoms with Crippen LogP contribution < -0.4 is 15.0 Å². The van der Waals surface area contributed by atoms with E-state index in [1.54, 1.807) is 0 Å². The molecule has 1 fully saturated rings. The first kappa shape index (κ1) is 12.9. The molecule has 4 nitrogen and oxygen atoms in total. The molecule has 1 unspecified atom stereocenters. The summed E-state index contributed by atoms with van der Waals surface area (Å²) < 4.78 is 6.44. The lowest BCUT2D eigenvalue weighted by Gasteiger charge is -2.34. The lowest BCUT2D eigenvalue weighted by Crippen LogP contribution is -2.48. The predicted octanol–water partition coefficient (Wildman–Crippen LogP) is 2.32. The van der Waals surface area contributed by atoms with E-state index in [4.69, 9.17) is 4.74 Å². The highest BCUT2D eigenvalue weighted by Gasteiger charge is 2.28. The van der Waals surface area contributed by atoms with Crippen LogP contribution in [0.25, 0.3) is 0 Å². The molecule has 0 radical (unpaired) electrons. The van der Waals surface area contributed by atoms with Gasteiger partial charge in [0, 0.05) is 17.1 Å². The van der Waals surface area contributed by atoms with Gasteiger partial charge in [-0.3, -0.25) is 4.79 Å². The summed E-state index contributed by atoms with van der Waals surface area (Å²) in [5.41, 5.74) is 0.873. The lowest BCUT2D eigenvalue weighted by atomic mass is 10.0. The molecule has 1 N–H and O–H groups in total. The highest BCUT2D eigenvalue weighted by Crippen LogP contribution is 2.34. The Morgan fingerprint density at radius 2 is 2.32 bits per heavy atom. The van der Waals surface area contributed by atoms with Gasteiger partial charge in [-0.05, 0) is 37.6 Å². The summed E-state index contributed by atoms with van der Waals surface area (Å²) in [6.45, 7) is 1.92. The van der Waals surface area contributed by atoms with E-state index in [1.807, 2.05) is 23.1 Å². The summed E-state index contributed by atoms with van der Waals surface area (Å²) in [7, 11) is 0. The van der Waals surface area contributed by atoms with Gasteiger partial charge >= 0.3 is 0 Å². The molecular formula is C14H17BrN2O2. The number of halogens is 1. The monoisotopic (exact) mass is 324 g/mol. The Kier molecular flexibility index (Phi) is 3.75. The first-order valence-corrected chi connectivity index (χ1v) is 7.49. The average molecular weight is 325 g/mol. The molecule has 1 amide bonds. The normalized spacial score (nSPS) is 22.9. The van der Waals surface area contributed by atoms with Crippen molar-refractivity contribution in [1.82, 2.24) is 5.32 Å². The van der Waals surface area contributed by atoms with Gasteiger partial charge in [0.1, 0.15) is 5.75 Å². The summed E-state index contributed by atoms with van der Waals surface area (Å²) >= 11 is 3.45. The van der Waals surface area contributed by atoms with Gasteiger partial charge in [0.05, 0.1) is 5.69 Å². The van der Waals surface area contributed by atoms with E-state index in [2.05, 4.69) is 21.2 Å². The molecule has 0 aliphatic carbocycles. The molecule has 102 valence electrons. The van der Waals surface area contributed by atoms with Gasteiger partial charge in [-0.25, -0.2) is 0 Å². The smallest absolute Gasteiger partial charge is 0.265 e. The fourth-order valence-corrected chi connectivity index (χ4v) is 3.02. The van der Waals surface area contributed by atoms with Crippen molar-refractivity contribution >= 4 is 27.5 Å². The first-order valence-electron chi connectivity index (χ1n) is 6.70. The number of nitrogens with one attached hydrogen (secondary N) is 1. The molecule has 2 aliphatic rings. The van der Waals surface area contributed by atoms with Crippen molar-refractivity contribution in [2.45, 2.75) is 25.3 Å². The fourth-order valence-electron chi connectivity index (χ4n) is 2.68. The van der Waals surface area contributed by atoms with Crippen molar-refractivity contribution in [3.63, 3.8) is 0 Å². The number of ether oxygens (including phenoxy) is 1. The molecular weight excluding hydrogens is 308 g/mol. The number of nitrogens with zero attached hydrogens (tertiary/aromatic N) is 1. The molecule has 0 saturated carbocycles. The Bertz CT molecular complexity index is 486. The molecule has 3 rings (SSSR count). The predicted molar refractivity (Wildman–Crippen MR) is 77.6 cm³/mol. The van der Waals surface area contributed by atoms with Gasteiger partial charge in [-0.2, -0.15) is 0 Å². The van der Waals surface area contributed by atoms with E-state index in [0.29, 0.717) is 6.04 Å². The van der Waals surface area contributed by atoms with Crippen LogP contribution >= 0.6 is 15.9 Å². The van der Waals surface area contributed by atoms with Gasteiger partial charge in [0.25, 0.3) is 5.91 Å². The van der Waals surface area contributed by atoms with Gasteiger partial charge in [0.15, 0.2) is 6.61 Å². The number of anilines is 1. The van der Waals surface area contributed by atoms with Crippen molar-refractivity contribution in [1.29, 1.82) is 0 Å². The third-order valence-corrected chi connectivity index (χ3v) is 4.17. The van der Waals surface area contributed by atoms with Crippen molar-refractivity contribution in [3.05, 3.63) is 22.7 Å². The number of fused-ring (bicyclic) bond motifs is 1. The molecule has 2 heterocycles. The average Bonchev–Trinajstić information content (AvgIpc) is 2.43. The van der Waals surface area contributed by atoms with E-state index in [-0.39, 0.29) is 12.5 Å². The minimum Gasteiger partial charge on any atom is -0.482 e. The summed E-state index contributed by atoms with van der Waals surface area (Å²) in [5, 5.41) is 3.49. The highest BCUT2D eigenvalue weighted by molar-refractivity contribution is 9.10. The quantitative estimate of drug-likeness (QED) is 0.907. The lowest BCUT2D eigenvalue weighted by molar-refractivity contribution is -0.121. The van der Waals surface area contributed by atoms with Crippen LogP contribution in [0.4, 0.5) is 5.69 Å². The van der Waals surface area contributed by atoms with Crippen molar-refractivity contribution in [3.8, 4) is 5.75 Å². The standard InChI is InChI=1S/C14H17BrN2O2/c15-10-4-5-13-12(7-10)17(14(18)9-19-13)8-11-3-1-2-6-16-11/h4-5,7,11,16H,1-3,6,8-9H2. The zero-order chi connectivity index (χ0) is 13.2. The van der Waals surface area contributed by atoms with Gasteiger partial charge in [-0.1, -0.05) is 22.4 Å². The number of hydrogen-bond acceptors (Lipinski definition) is 3. The van der Waals surface area contributed by atoms with Crippen LogP contribution in [0.1, 0.15) is 19.3 Å². The summed E-state index contributed by atoms with van der Waals surface area (Å²) in [6, 6.07) is 6.19. The number of carbonyl (C=O) groups excluding carboxylic acids is 1. The Morgan fingerprint density at radius 3 is 3.11 bits per heavy atom. The number of benzene rings is 1. The minimum atomic E-state index is 0.0398.